The van der Waals surface area contributed by atoms with E-state index in [1.54, 1.807) is 0 Å². The molecule has 0 bridgehead atoms. The van der Waals surface area contributed by atoms with Gasteiger partial charge in [0.25, 0.3) is 0 Å². The van der Waals surface area contributed by atoms with Crippen LogP contribution in [0.3, 0.4) is 0 Å². The minimum atomic E-state index is 0.151. The van der Waals surface area contributed by atoms with Crippen LogP contribution in [0.15, 0.2) is 0 Å². The first kappa shape index (κ1) is 15.3. The Morgan fingerprint density at radius 1 is 0.944 bits per heavy atom. The summed E-state index contributed by atoms with van der Waals surface area (Å²) in [6.45, 7) is 19.2. The Hall–Kier alpha value is -0.790. The molecule has 1 aromatic heterocycles. The van der Waals surface area contributed by atoms with Gasteiger partial charge >= 0.3 is 0 Å². The van der Waals surface area contributed by atoms with Gasteiger partial charge < -0.3 is 0 Å². The zero-order chi connectivity index (χ0) is 14.1. The Labute approximate surface area is 113 Å². The van der Waals surface area contributed by atoms with Crippen LogP contribution >= 0.6 is 0 Å². The van der Waals surface area contributed by atoms with Crippen molar-refractivity contribution in [3.8, 4) is 0 Å². The highest BCUT2D eigenvalue weighted by molar-refractivity contribution is 5.37. The van der Waals surface area contributed by atoms with Gasteiger partial charge in [0.1, 0.15) is 0 Å². The summed E-state index contributed by atoms with van der Waals surface area (Å²) in [4.78, 5) is 0. The lowest BCUT2D eigenvalue weighted by molar-refractivity contribution is 0.463. The number of aryl methyl sites for hydroxylation is 2. The van der Waals surface area contributed by atoms with Gasteiger partial charge in [-0.1, -0.05) is 55.4 Å². The molecule has 0 unspecified atom stereocenters. The van der Waals surface area contributed by atoms with Crippen molar-refractivity contribution in [3.05, 3.63) is 17.0 Å². The molecule has 0 aliphatic rings. The molecule has 1 aromatic rings. The maximum atomic E-state index is 4.87. The van der Waals surface area contributed by atoms with Crippen molar-refractivity contribution in [3.63, 3.8) is 0 Å². The number of aromatic nitrogens is 2. The summed E-state index contributed by atoms with van der Waals surface area (Å²) in [5.41, 5.74) is 4.48. The second-order valence-corrected chi connectivity index (χ2v) is 7.25. The molecule has 1 heterocycles. The number of nitrogens with zero attached hydrogens (tertiary/aromatic N) is 2. The minimum Gasteiger partial charge on any atom is -0.268 e. The van der Waals surface area contributed by atoms with Crippen LogP contribution in [0.2, 0.25) is 0 Å². The number of hydrogen-bond donors (Lipinski definition) is 0. The van der Waals surface area contributed by atoms with E-state index >= 15 is 0 Å². The van der Waals surface area contributed by atoms with Crippen molar-refractivity contribution >= 4 is 0 Å². The average molecular weight is 250 g/mol. The minimum absolute atomic E-state index is 0.151. The van der Waals surface area contributed by atoms with Gasteiger partial charge in [0, 0.05) is 23.2 Å². The van der Waals surface area contributed by atoms with Gasteiger partial charge in [-0.3, -0.25) is 4.68 Å². The molecule has 0 amide bonds. The monoisotopic (exact) mass is 250 g/mol. The largest absolute Gasteiger partial charge is 0.268 e. The van der Waals surface area contributed by atoms with Crippen molar-refractivity contribution in [2.24, 2.45) is 0 Å². The molecule has 0 N–H and O–H groups in total. The van der Waals surface area contributed by atoms with E-state index in [-0.39, 0.29) is 10.8 Å². The average Bonchev–Trinajstić information content (AvgIpc) is 2.56. The second-order valence-electron chi connectivity index (χ2n) is 7.25. The van der Waals surface area contributed by atoms with Gasteiger partial charge in [-0.05, 0) is 18.3 Å². The Kier molecular flexibility index (Phi) is 4.30. The molecule has 0 aliphatic heterocycles. The van der Waals surface area contributed by atoms with E-state index in [0.29, 0.717) is 0 Å². The quantitative estimate of drug-likeness (QED) is 0.775. The lowest BCUT2D eigenvalue weighted by Crippen LogP contribution is -2.25. The van der Waals surface area contributed by atoms with Gasteiger partial charge in [0.05, 0.1) is 5.69 Å². The Balaban J connectivity index is 3.54. The maximum absolute atomic E-state index is 4.87. The van der Waals surface area contributed by atoms with Crippen LogP contribution in [0.1, 0.15) is 78.8 Å². The summed E-state index contributed by atoms with van der Waals surface area (Å²) in [7, 11) is 0. The van der Waals surface area contributed by atoms with Crippen molar-refractivity contribution in [1.82, 2.24) is 9.78 Å². The Morgan fingerprint density at radius 2 is 1.50 bits per heavy atom. The van der Waals surface area contributed by atoms with Crippen molar-refractivity contribution in [2.75, 3.05) is 0 Å². The van der Waals surface area contributed by atoms with E-state index in [1.165, 1.54) is 17.0 Å². The van der Waals surface area contributed by atoms with Gasteiger partial charge in [-0.25, -0.2) is 0 Å². The third-order valence-electron chi connectivity index (χ3n) is 3.26. The second kappa shape index (κ2) is 5.07. The topological polar surface area (TPSA) is 17.8 Å². The summed E-state index contributed by atoms with van der Waals surface area (Å²) in [5.74, 6) is 0. The smallest absolute Gasteiger partial charge is 0.0662 e. The van der Waals surface area contributed by atoms with Crippen LogP contribution in [0.5, 0.6) is 0 Å². The van der Waals surface area contributed by atoms with E-state index in [0.717, 1.165) is 19.4 Å². The van der Waals surface area contributed by atoms with Crippen LogP contribution in [0.4, 0.5) is 0 Å². The van der Waals surface area contributed by atoms with Gasteiger partial charge in [0.2, 0.25) is 0 Å². The standard InChI is InChI=1S/C16H30N2/c1-9-11-18-14(16(6,7)8)13(15(3,4)5)12(10-2)17-18/h9-11H2,1-8H3. The first-order valence-electron chi connectivity index (χ1n) is 7.23. The normalized spacial score (nSPS) is 13.1. The molecule has 2 heteroatoms. The first-order valence-corrected chi connectivity index (χ1v) is 7.23. The SMILES string of the molecule is CCCn1nc(CC)c(C(C)(C)C)c1C(C)(C)C. The molecule has 0 radical (unpaired) electrons. The van der Waals surface area contributed by atoms with E-state index in [1.807, 2.05) is 0 Å². The fourth-order valence-corrected chi connectivity index (χ4v) is 2.68. The summed E-state index contributed by atoms with van der Waals surface area (Å²) >= 11 is 0. The molecular formula is C16H30N2. The summed E-state index contributed by atoms with van der Waals surface area (Å²) in [5, 5.41) is 4.87. The summed E-state index contributed by atoms with van der Waals surface area (Å²) in [6, 6.07) is 0. The lowest BCUT2D eigenvalue weighted by Gasteiger charge is -2.28. The molecule has 0 aromatic carbocycles. The zero-order valence-corrected chi connectivity index (χ0v) is 13.5. The molecule has 0 aliphatic carbocycles. The molecule has 0 saturated heterocycles. The first-order chi connectivity index (χ1) is 8.12. The van der Waals surface area contributed by atoms with Gasteiger partial charge in [0.15, 0.2) is 0 Å². The van der Waals surface area contributed by atoms with E-state index < -0.39 is 0 Å². The van der Waals surface area contributed by atoms with E-state index in [2.05, 4.69) is 60.1 Å². The summed E-state index contributed by atoms with van der Waals surface area (Å²) in [6.07, 6.45) is 2.16. The van der Waals surface area contributed by atoms with Crippen molar-refractivity contribution in [1.29, 1.82) is 0 Å². The third-order valence-corrected chi connectivity index (χ3v) is 3.26. The van der Waals surface area contributed by atoms with E-state index in [9.17, 15) is 0 Å². The van der Waals surface area contributed by atoms with Crippen molar-refractivity contribution in [2.45, 2.75) is 85.6 Å². The Bertz CT molecular complexity index is 400. The molecule has 0 fully saturated rings. The highest BCUT2D eigenvalue weighted by Crippen LogP contribution is 2.36. The highest BCUT2D eigenvalue weighted by Gasteiger charge is 2.32. The molecule has 18 heavy (non-hydrogen) atoms. The predicted octanol–water partition coefficient (Wildman–Crippen LogP) is 4.45. The molecule has 0 spiro atoms. The van der Waals surface area contributed by atoms with Crippen LogP contribution < -0.4 is 0 Å². The fourth-order valence-electron chi connectivity index (χ4n) is 2.68. The van der Waals surface area contributed by atoms with Crippen LogP contribution in [0, 0.1) is 0 Å². The van der Waals surface area contributed by atoms with Gasteiger partial charge in [-0.15, -0.1) is 0 Å². The molecule has 0 atom stereocenters. The number of hydrogen-bond acceptors (Lipinski definition) is 1. The fraction of sp³-hybridized carbons (Fsp3) is 0.812. The maximum Gasteiger partial charge on any atom is 0.0662 e. The predicted molar refractivity (Wildman–Crippen MR) is 79.3 cm³/mol. The molecule has 0 saturated carbocycles. The van der Waals surface area contributed by atoms with Crippen LogP contribution in [-0.4, -0.2) is 9.78 Å². The highest BCUT2D eigenvalue weighted by atomic mass is 15.3. The lowest BCUT2D eigenvalue weighted by atomic mass is 9.77. The van der Waals surface area contributed by atoms with E-state index in [4.69, 9.17) is 5.10 Å². The van der Waals surface area contributed by atoms with Crippen LogP contribution in [0.25, 0.3) is 0 Å². The third kappa shape index (κ3) is 2.96. The molecule has 104 valence electrons. The number of rotatable bonds is 3. The summed E-state index contributed by atoms with van der Waals surface area (Å²) < 4.78 is 2.25. The molecule has 1 rings (SSSR count). The van der Waals surface area contributed by atoms with Gasteiger partial charge in [-0.2, -0.15) is 5.10 Å². The molecular weight excluding hydrogens is 220 g/mol. The van der Waals surface area contributed by atoms with Crippen LogP contribution in [-0.2, 0) is 23.8 Å². The Morgan fingerprint density at radius 3 is 1.83 bits per heavy atom. The van der Waals surface area contributed by atoms with Crippen molar-refractivity contribution < 1.29 is 0 Å². The zero-order valence-electron chi connectivity index (χ0n) is 13.5. The molecule has 2 nitrogen and oxygen atoms in total.